The van der Waals surface area contributed by atoms with E-state index in [4.69, 9.17) is 0 Å². The van der Waals surface area contributed by atoms with Crippen molar-refractivity contribution in [3.8, 4) is 11.8 Å². The van der Waals surface area contributed by atoms with E-state index in [1.807, 2.05) is 6.92 Å². The molecule has 1 nitrogen and oxygen atoms in total. The summed E-state index contributed by atoms with van der Waals surface area (Å²) in [4.78, 5) is 0. The number of hydrogen-bond acceptors (Lipinski definition) is 1. The molecule has 0 saturated carbocycles. The Morgan fingerprint density at radius 2 is 2.22 bits per heavy atom. The molecule has 0 aliphatic carbocycles. The topological polar surface area (TPSA) is 12.0 Å². The van der Waals surface area contributed by atoms with Gasteiger partial charge >= 0.3 is 0 Å². The second-order valence-corrected chi connectivity index (χ2v) is 2.60. The predicted octanol–water partition coefficient (Wildman–Crippen LogP) is 0.865. The van der Waals surface area contributed by atoms with Gasteiger partial charge in [0, 0.05) is 19.0 Å². The van der Waals surface area contributed by atoms with Crippen LogP contribution in [0, 0.1) is 23.7 Å². The van der Waals surface area contributed by atoms with Crippen LogP contribution in [-0.4, -0.2) is 13.1 Å². The average molecular weight is 123 g/mol. The van der Waals surface area contributed by atoms with Gasteiger partial charge in [0.05, 0.1) is 0 Å². The van der Waals surface area contributed by atoms with Gasteiger partial charge in [-0.25, -0.2) is 0 Å². The Hall–Kier alpha value is -0.480. The highest BCUT2D eigenvalue weighted by atomic mass is 14.9. The van der Waals surface area contributed by atoms with Gasteiger partial charge in [0.2, 0.25) is 0 Å². The van der Waals surface area contributed by atoms with Gasteiger partial charge in [0.15, 0.2) is 0 Å². The Balaban J connectivity index is 2.29. The molecule has 0 spiro atoms. The van der Waals surface area contributed by atoms with Gasteiger partial charge in [-0.2, -0.15) is 0 Å². The van der Waals surface area contributed by atoms with Crippen LogP contribution in [-0.2, 0) is 0 Å². The van der Waals surface area contributed by atoms with Crippen LogP contribution in [0.25, 0.3) is 0 Å². The normalized spacial score (nSPS) is 21.6. The summed E-state index contributed by atoms with van der Waals surface area (Å²) in [5.41, 5.74) is 0. The first-order valence-electron chi connectivity index (χ1n) is 3.47. The third kappa shape index (κ3) is 1.46. The maximum Gasteiger partial charge on any atom is 0.0226 e. The quantitative estimate of drug-likeness (QED) is 0.510. The zero-order chi connectivity index (χ0) is 6.69. The summed E-state index contributed by atoms with van der Waals surface area (Å²) >= 11 is 0. The standard InChI is InChI=1S/C8H13N/c1-3-4-7(2)8-5-9-6-8/h7-9H,5-6H2,1-2H3/t7-/m0/s1. The first kappa shape index (κ1) is 6.64. The van der Waals surface area contributed by atoms with Gasteiger partial charge in [0.1, 0.15) is 0 Å². The molecule has 0 aromatic carbocycles. The minimum atomic E-state index is 0.594. The molecule has 1 fully saturated rings. The monoisotopic (exact) mass is 123 g/mol. The maximum atomic E-state index is 3.23. The van der Waals surface area contributed by atoms with Crippen LogP contribution in [0.1, 0.15) is 13.8 Å². The second kappa shape index (κ2) is 2.89. The summed E-state index contributed by atoms with van der Waals surface area (Å²) in [5.74, 6) is 7.51. The first-order valence-corrected chi connectivity index (χ1v) is 3.47. The summed E-state index contributed by atoms with van der Waals surface area (Å²) in [6.07, 6.45) is 0. The molecule has 1 heteroatoms. The minimum absolute atomic E-state index is 0.594. The fourth-order valence-electron chi connectivity index (χ4n) is 1.01. The zero-order valence-corrected chi connectivity index (χ0v) is 6.07. The van der Waals surface area contributed by atoms with Crippen LogP contribution in [0.5, 0.6) is 0 Å². The molecule has 0 aromatic heterocycles. The molecule has 1 aliphatic heterocycles. The first-order chi connectivity index (χ1) is 4.34. The Morgan fingerprint density at radius 1 is 1.56 bits per heavy atom. The van der Waals surface area contributed by atoms with Gasteiger partial charge < -0.3 is 5.32 Å². The highest BCUT2D eigenvalue weighted by Gasteiger charge is 2.21. The van der Waals surface area contributed by atoms with Crippen LogP contribution in [0.3, 0.4) is 0 Å². The fourth-order valence-corrected chi connectivity index (χ4v) is 1.01. The molecule has 0 bridgehead atoms. The molecule has 0 amide bonds. The van der Waals surface area contributed by atoms with Crippen molar-refractivity contribution in [3.05, 3.63) is 0 Å². The lowest BCUT2D eigenvalue weighted by atomic mass is 9.90. The van der Waals surface area contributed by atoms with Gasteiger partial charge in [-0.15, -0.1) is 11.8 Å². The van der Waals surface area contributed by atoms with E-state index in [1.165, 1.54) is 0 Å². The lowest BCUT2D eigenvalue weighted by Crippen LogP contribution is -2.45. The van der Waals surface area contributed by atoms with Crippen molar-refractivity contribution in [2.75, 3.05) is 13.1 Å². The van der Waals surface area contributed by atoms with E-state index in [2.05, 4.69) is 24.1 Å². The van der Waals surface area contributed by atoms with Gasteiger partial charge in [-0.05, 0) is 12.8 Å². The third-order valence-corrected chi connectivity index (χ3v) is 1.89. The molecule has 0 aromatic rings. The molecule has 1 heterocycles. The van der Waals surface area contributed by atoms with E-state index in [1.54, 1.807) is 0 Å². The van der Waals surface area contributed by atoms with Crippen LogP contribution in [0.4, 0.5) is 0 Å². The van der Waals surface area contributed by atoms with Crippen molar-refractivity contribution in [3.63, 3.8) is 0 Å². The van der Waals surface area contributed by atoms with Crippen molar-refractivity contribution in [2.24, 2.45) is 11.8 Å². The summed E-state index contributed by atoms with van der Waals surface area (Å²) in [6, 6.07) is 0. The van der Waals surface area contributed by atoms with Gasteiger partial charge in [-0.3, -0.25) is 0 Å². The maximum absolute atomic E-state index is 3.23. The highest BCUT2D eigenvalue weighted by Crippen LogP contribution is 2.13. The van der Waals surface area contributed by atoms with E-state index in [0.29, 0.717) is 5.92 Å². The van der Waals surface area contributed by atoms with Crippen LogP contribution in [0.2, 0.25) is 0 Å². The third-order valence-electron chi connectivity index (χ3n) is 1.89. The van der Waals surface area contributed by atoms with E-state index < -0.39 is 0 Å². The summed E-state index contributed by atoms with van der Waals surface area (Å²) in [6.45, 7) is 6.43. The number of rotatable bonds is 1. The molecular formula is C8H13N. The molecule has 1 aliphatic rings. The van der Waals surface area contributed by atoms with Crippen LogP contribution in [0.15, 0.2) is 0 Å². The lowest BCUT2D eigenvalue weighted by Gasteiger charge is -2.29. The van der Waals surface area contributed by atoms with E-state index in [-0.39, 0.29) is 0 Å². The Morgan fingerprint density at radius 3 is 2.56 bits per heavy atom. The van der Waals surface area contributed by atoms with E-state index in [9.17, 15) is 0 Å². The molecule has 1 rings (SSSR count). The zero-order valence-electron chi connectivity index (χ0n) is 6.07. The summed E-state index contributed by atoms with van der Waals surface area (Å²) in [5, 5.41) is 3.23. The van der Waals surface area contributed by atoms with Gasteiger partial charge in [-0.1, -0.05) is 6.92 Å². The molecule has 0 unspecified atom stereocenters. The smallest absolute Gasteiger partial charge is 0.0226 e. The molecular weight excluding hydrogens is 110 g/mol. The highest BCUT2D eigenvalue weighted by molar-refractivity contribution is 5.03. The summed E-state index contributed by atoms with van der Waals surface area (Å²) in [7, 11) is 0. The predicted molar refractivity (Wildman–Crippen MR) is 39.0 cm³/mol. The summed E-state index contributed by atoms with van der Waals surface area (Å²) < 4.78 is 0. The van der Waals surface area contributed by atoms with E-state index >= 15 is 0 Å². The van der Waals surface area contributed by atoms with Crippen molar-refractivity contribution >= 4 is 0 Å². The molecule has 0 radical (unpaired) electrons. The SMILES string of the molecule is CC#C[C@H](C)C1CNC1. The van der Waals surface area contributed by atoms with Crippen molar-refractivity contribution < 1.29 is 0 Å². The van der Waals surface area contributed by atoms with Crippen LogP contribution < -0.4 is 5.32 Å². The molecule has 1 saturated heterocycles. The van der Waals surface area contributed by atoms with Crippen molar-refractivity contribution in [2.45, 2.75) is 13.8 Å². The van der Waals surface area contributed by atoms with Crippen molar-refractivity contribution in [1.82, 2.24) is 5.32 Å². The molecule has 1 atom stereocenters. The Labute approximate surface area is 56.8 Å². The number of nitrogens with one attached hydrogen (secondary N) is 1. The Bertz CT molecular complexity index is 136. The molecule has 1 N–H and O–H groups in total. The van der Waals surface area contributed by atoms with Gasteiger partial charge in [0.25, 0.3) is 0 Å². The average Bonchev–Trinajstić information content (AvgIpc) is 1.60. The minimum Gasteiger partial charge on any atom is -0.316 e. The lowest BCUT2D eigenvalue weighted by molar-refractivity contribution is 0.292. The molecule has 50 valence electrons. The van der Waals surface area contributed by atoms with E-state index in [0.717, 1.165) is 19.0 Å². The number of hydrogen-bond donors (Lipinski definition) is 1. The second-order valence-electron chi connectivity index (χ2n) is 2.60. The Kier molecular flexibility index (Phi) is 2.13. The van der Waals surface area contributed by atoms with Crippen molar-refractivity contribution in [1.29, 1.82) is 0 Å². The molecule has 9 heavy (non-hydrogen) atoms. The largest absolute Gasteiger partial charge is 0.316 e. The van der Waals surface area contributed by atoms with Crippen LogP contribution >= 0.6 is 0 Å². The fraction of sp³-hybridized carbons (Fsp3) is 0.750.